The molecular formula is C46H34Cl2Cu2N8O2. The molecule has 0 N–H and O–H groups in total. The van der Waals surface area contributed by atoms with Crippen molar-refractivity contribution in [2.75, 3.05) is 0 Å². The molecule has 60 heavy (non-hydrogen) atoms. The molecule has 0 radical (unpaired) electrons. The zero-order valence-corrected chi connectivity index (χ0v) is 35.3. The maximum absolute atomic E-state index is 13.8. The molecule has 7 aromatic rings. The van der Waals surface area contributed by atoms with Crippen molar-refractivity contribution in [1.82, 2.24) is 40.8 Å². The van der Waals surface area contributed by atoms with Crippen LogP contribution in [0.1, 0.15) is 11.1 Å². The molecule has 1 aromatic heterocycles. The molecule has 6 aromatic carbocycles. The first-order chi connectivity index (χ1) is 29.4. The van der Waals surface area contributed by atoms with Gasteiger partial charge in [-0.05, 0) is 46.5 Å². The molecule has 14 heteroatoms. The Hall–Kier alpha value is -6.10. The third-order valence-corrected chi connectivity index (χ3v) is 8.64. The second-order valence-corrected chi connectivity index (χ2v) is 12.8. The van der Waals surface area contributed by atoms with Gasteiger partial charge in [-0.15, -0.1) is 20.4 Å². The molecule has 1 heterocycles. The molecule has 0 aliphatic carbocycles. The Kier molecular flexibility index (Phi) is 17.6. The molecule has 10 nitrogen and oxygen atoms in total. The number of benzene rings is 6. The summed E-state index contributed by atoms with van der Waals surface area (Å²) in [6.07, 6.45) is 5.68. The van der Waals surface area contributed by atoms with Crippen molar-refractivity contribution in [3.8, 4) is 56.5 Å². The van der Waals surface area contributed by atoms with E-state index in [1.165, 1.54) is 24.8 Å². The molecule has 0 spiro atoms. The van der Waals surface area contributed by atoms with Crippen LogP contribution in [-0.4, -0.2) is 40.8 Å². The molecule has 0 aliphatic rings. The minimum atomic E-state index is -0.300. The van der Waals surface area contributed by atoms with Crippen LogP contribution in [0, 0.1) is 13.8 Å². The normalized spacial score (nSPS) is 10.0. The summed E-state index contributed by atoms with van der Waals surface area (Å²) in [5.41, 5.74) is 6.14. The van der Waals surface area contributed by atoms with Gasteiger partial charge in [-0.2, -0.15) is 20.4 Å². The number of hydrogen-bond donors (Lipinski definition) is 0. The summed E-state index contributed by atoms with van der Waals surface area (Å²) in [6.45, 7) is 3.77. The van der Waals surface area contributed by atoms with Gasteiger partial charge in [0.1, 0.15) is 22.8 Å². The summed E-state index contributed by atoms with van der Waals surface area (Å²) in [4.78, 5) is 0. The van der Waals surface area contributed by atoms with Crippen molar-refractivity contribution in [2.45, 2.75) is 13.8 Å². The zero-order valence-electron chi connectivity index (χ0n) is 31.9. The number of nitrogens with zero attached hydrogens (tertiary/aromatic N) is 8. The predicted molar refractivity (Wildman–Crippen MR) is 227 cm³/mol. The Morgan fingerprint density at radius 3 is 0.750 bits per heavy atom. The minimum absolute atomic E-state index is 0.300. The fourth-order valence-electron chi connectivity index (χ4n) is 5.99. The van der Waals surface area contributed by atoms with E-state index in [9.17, 15) is 10.2 Å². The first-order valence-electron chi connectivity index (χ1n) is 18.0. The van der Waals surface area contributed by atoms with E-state index in [1.54, 1.807) is 24.3 Å². The molecule has 0 fully saturated rings. The number of fused-ring (bicyclic) bond motifs is 4. The van der Waals surface area contributed by atoms with Gasteiger partial charge in [-0.3, -0.25) is 0 Å². The van der Waals surface area contributed by atoms with E-state index in [2.05, 4.69) is 91.2 Å². The first kappa shape index (κ1) is 45.0. The van der Waals surface area contributed by atoms with Gasteiger partial charge in [0.05, 0.1) is 24.8 Å². The Morgan fingerprint density at radius 2 is 0.550 bits per heavy atom. The molecule has 0 aliphatic heterocycles. The van der Waals surface area contributed by atoms with Crippen LogP contribution in [0.4, 0.5) is 0 Å². The Morgan fingerprint density at radius 1 is 0.350 bits per heavy atom. The molecule has 4 bridgehead atoms. The van der Waals surface area contributed by atoms with E-state index in [0.29, 0.717) is 44.3 Å². The molecular weight excluding hydrogens is 895 g/mol. The van der Waals surface area contributed by atoms with E-state index in [4.69, 9.17) is 0 Å². The van der Waals surface area contributed by atoms with Gasteiger partial charge in [-0.25, -0.2) is 0 Å². The van der Waals surface area contributed by atoms with Crippen LogP contribution >= 0.6 is 20.2 Å². The van der Waals surface area contributed by atoms with Gasteiger partial charge in [0, 0.05) is 22.3 Å². The third kappa shape index (κ3) is 12.0. The monoisotopic (exact) mass is 926 g/mol. The second-order valence-electron chi connectivity index (χ2n) is 12.8. The Bertz CT molecular complexity index is 2390. The van der Waals surface area contributed by atoms with E-state index >= 15 is 0 Å². The van der Waals surface area contributed by atoms with Crippen LogP contribution in [0.5, 0.6) is 11.5 Å². The van der Waals surface area contributed by atoms with Crippen molar-refractivity contribution in [1.29, 1.82) is 0 Å². The van der Waals surface area contributed by atoms with Crippen LogP contribution in [0.3, 0.4) is 0 Å². The summed E-state index contributed by atoms with van der Waals surface area (Å²) in [7, 11) is 8.40. The molecule has 7 rings (SSSR count). The second kappa shape index (κ2) is 23.5. The van der Waals surface area contributed by atoms with Gasteiger partial charge in [0.25, 0.3) is 0 Å². The molecule has 0 atom stereocenters. The first-order valence-corrected chi connectivity index (χ1v) is 20.6. The number of aromatic nitrogens is 8. The summed E-state index contributed by atoms with van der Waals surface area (Å²) in [5.74, 6) is -0.600. The number of aryl methyl sites for hydroxylation is 2. The average molecular weight is 929 g/mol. The number of rotatable bonds is 4. The van der Waals surface area contributed by atoms with Crippen molar-refractivity contribution >= 4 is 41.7 Å². The maximum atomic E-state index is 13.8. The van der Waals surface area contributed by atoms with Crippen LogP contribution in [0.15, 0.2) is 170 Å². The molecule has 306 valence electrons. The Balaban J connectivity index is 0.00000166. The predicted octanol–water partition coefficient (Wildman–Crippen LogP) is 9.89. The van der Waals surface area contributed by atoms with Crippen LogP contribution < -0.4 is 10.2 Å². The van der Waals surface area contributed by atoms with E-state index in [0.717, 1.165) is 33.4 Å². The summed E-state index contributed by atoms with van der Waals surface area (Å²) in [6, 6.07) is 44.7. The average Bonchev–Trinajstić information content (AvgIpc) is 3.29. The van der Waals surface area contributed by atoms with Gasteiger partial charge in [-0.1, -0.05) is 157 Å². The number of hydrogen-bond acceptors (Lipinski definition) is 10. The van der Waals surface area contributed by atoms with Gasteiger partial charge >= 0.3 is 50.4 Å². The SMILES string of the molecule is Cc1cc2cnnc(-c3ccccc3)c(-c3ccccc3)nncc3cc(C)cc(cnnc(-c4ccccc4)c(-c4ccccc4)nncc(c1)c2[O-])c3[O-].[Cl][Cu+].[Cl][Cu+]. The summed E-state index contributed by atoms with van der Waals surface area (Å²) < 4.78 is 0. The summed E-state index contributed by atoms with van der Waals surface area (Å²) in [5, 5.41) is 65.0. The topological polar surface area (TPSA) is 149 Å². The van der Waals surface area contributed by atoms with Crippen LogP contribution in [-0.2, 0) is 30.2 Å². The number of halogens is 2. The van der Waals surface area contributed by atoms with Crippen molar-refractivity contribution in [3.05, 3.63) is 182 Å². The molecule has 0 amide bonds. The fraction of sp³-hybridized carbons (Fsp3) is 0.0435. The van der Waals surface area contributed by atoms with Crippen molar-refractivity contribution in [2.24, 2.45) is 0 Å². The molecule has 0 unspecified atom stereocenters. The zero-order chi connectivity index (χ0) is 42.7. The van der Waals surface area contributed by atoms with Crippen molar-refractivity contribution < 1.29 is 40.4 Å². The molecule has 0 saturated heterocycles. The van der Waals surface area contributed by atoms with E-state index < -0.39 is 0 Å². The van der Waals surface area contributed by atoms with Crippen molar-refractivity contribution in [3.63, 3.8) is 0 Å². The fourth-order valence-corrected chi connectivity index (χ4v) is 5.99. The molecule has 0 saturated carbocycles. The van der Waals surface area contributed by atoms with E-state index in [1.807, 2.05) is 135 Å². The summed E-state index contributed by atoms with van der Waals surface area (Å²) >= 11 is 7.32. The van der Waals surface area contributed by atoms with Gasteiger partial charge < -0.3 is 10.2 Å². The van der Waals surface area contributed by atoms with Crippen LogP contribution in [0.25, 0.3) is 66.6 Å². The quantitative estimate of drug-likeness (QED) is 0.156. The van der Waals surface area contributed by atoms with Gasteiger partial charge in [0.2, 0.25) is 0 Å². The standard InChI is InChI=1S/C46H36N8O2.2ClH.2Cu/c1-31-23-37-27-47-51-41(33-15-7-3-8-16-33)43(35-19-11-5-12-20-35)53-49-29-39-25-32(2)26-40(46(39)56)30-50-54-44(36-21-13-6-14-22-36)42(34-17-9-4-10-18-34)52-48-28-38(24-31)45(37)55;;;;/h3-30,55-56H,1-2H3;2*1H;;/q;;;2*+2/p-4. The van der Waals surface area contributed by atoms with Gasteiger partial charge in [0.15, 0.2) is 0 Å². The van der Waals surface area contributed by atoms with Crippen LogP contribution in [0.2, 0.25) is 0 Å². The Labute approximate surface area is 372 Å². The van der Waals surface area contributed by atoms with E-state index in [-0.39, 0.29) is 11.5 Å². The third-order valence-electron chi connectivity index (χ3n) is 8.64.